The number of nitrogens with zero attached hydrogens (tertiary/aromatic N) is 4. The molecule has 0 aromatic carbocycles. The van der Waals surface area contributed by atoms with Gasteiger partial charge in [-0.25, -0.2) is 9.97 Å². The van der Waals surface area contributed by atoms with Gasteiger partial charge in [-0.3, -0.25) is 4.98 Å². The average Bonchev–Trinajstić information content (AvgIpc) is 2.45. The van der Waals surface area contributed by atoms with Crippen LogP contribution in [0.5, 0.6) is 0 Å². The van der Waals surface area contributed by atoms with E-state index in [2.05, 4.69) is 15.0 Å². The second kappa shape index (κ2) is 6.45. The molecule has 0 fully saturated rings. The molecule has 0 saturated heterocycles. The minimum absolute atomic E-state index is 0.187. The van der Waals surface area contributed by atoms with Gasteiger partial charge in [0.15, 0.2) is 0 Å². The lowest BCUT2D eigenvalue weighted by Gasteiger charge is -2.23. The fraction of sp³-hybridized carbons (Fsp3) is 0.308. The highest BCUT2D eigenvalue weighted by Gasteiger charge is 2.15. The third-order valence-corrected chi connectivity index (χ3v) is 3.11. The molecular formula is C13H15ClN4O. The van der Waals surface area contributed by atoms with Crippen molar-refractivity contribution in [1.82, 2.24) is 15.0 Å². The largest absolute Gasteiger partial charge is 0.391 e. The van der Waals surface area contributed by atoms with Crippen LogP contribution < -0.4 is 4.90 Å². The number of aromatic nitrogens is 3. The van der Waals surface area contributed by atoms with Crippen molar-refractivity contribution < 1.29 is 5.11 Å². The highest BCUT2D eigenvalue weighted by Crippen LogP contribution is 2.24. The summed E-state index contributed by atoms with van der Waals surface area (Å²) >= 11 is 5.98. The number of anilines is 1. The molecule has 0 aliphatic heterocycles. The molecule has 1 N–H and O–H groups in total. The summed E-state index contributed by atoms with van der Waals surface area (Å²) in [6.45, 7) is 3.17. The number of aliphatic hydroxyl groups is 1. The van der Waals surface area contributed by atoms with Crippen LogP contribution in [0.4, 0.5) is 5.82 Å². The number of pyridine rings is 1. The average molecular weight is 279 g/mol. The van der Waals surface area contributed by atoms with Crippen LogP contribution in [-0.4, -0.2) is 26.6 Å². The van der Waals surface area contributed by atoms with Gasteiger partial charge < -0.3 is 10.0 Å². The molecule has 2 aromatic rings. The third kappa shape index (κ3) is 3.19. The lowest BCUT2D eigenvalue weighted by molar-refractivity contribution is 0.281. The molecule has 0 saturated carbocycles. The van der Waals surface area contributed by atoms with Crippen LogP contribution in [0.15, 0.2) is 30.7 Å². The zero-order valence-corrected chi connectivity index (χ0v) is 11.4. The highest BCUT2D eigenvalue weighted by atomic mass is 35.5. The van der Waals surface area contributed by atoms with Crippen molar-refractivity contribution >= 4 is 17.4 Å². The van der Waals surface area contributed by atoms with Gasteiger partial charge in [-0.1, -0.05) is 17.7 Å². The Morgan fingerprint density at radius 3 is 2.74 bits per heavy atom. The Kier molecular flexibility index (Phi) is 4.65. The maximum Gasteiger partial charge on any atom is 0.140 e. The predicted octanol–water partition coefficient (Wildman–Crippen LogP) is 2.04. The number of rotatable bonds is 5. The summed E-state index contributed by atoms with van der Waals surface area (Å²) < 4.78 is 0. The van der Waals surface area contributed by atoms with Gasteiger partial charge in [0.05, 0.1) is 24.4 Å². The van der Waals surface area contributed by atoms with Crippen molar-refractivity contribution in [3.05, 3.63) is 47.1 Å². The normalized spacial score (nSPS) is 10.5. The van der Waals surface area contributed by atoms with Crippen LogP contribution in [0.1, 0.15) is 18.2 Å². The van der Waals surface area contributed by atoms with Crippen molar-refractivity contribution in [2.24, 2.45) is 0 Å². The Balaban J connectivity index is 2.30. The molecule has 100 valence electrons. The smallest absolute Gasteiger partial charge is 0.140 e. The van der Waals surface area contributed by atoms with E-state index in [1.54, 1.807) is 6.20 Å². The van der Waals surface area contributed by atoms with Gasteiger partial charge in [0, 0.05) is 12.7 Å². The van der Waals surface area contributed by atoms with Crippen LogP contribution >= 0.6 is 11.6 Å². The molecule has 0 amide bonds. The Labute approximate surface area is 116 Å². The van der Waals surface area contributed by atoms with Gasteiger partial charge in [-0.15, -0.1) is 0 Å². The molecule has 0 aliphatic carbocycles. The summed E-state index contributed by atoms with van der Waals surface area (Å²) in [6, 6.07) is 5.76. The molecule has 0 atom stereocenters. The standard InChI is InChI=1S/C13H15ClN4O/c1-2-18(7-10-5-3-4-6-15-10)13-11(8-19)12(14)16-9-17-13/h3-6,9,19H,2,7-8H2,1H3. The zero-order valence-electron chi connectivity index (χ0n) is 10.6. The van der Waals surface area contributed by atoms with Gasteiger partial charge in [-0.2, -0.15) is 0 Å². The molecule has 2 heterocycles. The zero-order chi connectivity index (χ0) is 13.7. The minimum Gasteiger partial charge on any atom is -0.391 e. The summed E-state index contributed by atoms with van der Waals surface area (Å²) in [5, 5.41) is 9.69. The number of hydrogen-bond donors (Lipinski definition) is 1. The summed E-state index contributed by atoms with van der Waals surface area (Å²) in [5.74, 6) is 0.649. The van der Waals surface area contributed by atoms with E-state index >= 15 is 0 Å². The molecule has 2 rings (SSSR count). The molecular weight excluding hydrogens is 264 g/mol. The summed E-state index contributed by atoms with van der Waals surface area (Å²) in [6.07, 6.45) is 3.15. The van der Waals surface area contributed by atoms with Crippen molar-refractivity contribution in [2.45, 2.75) is 20.1 Å². The van der Waals surface area contributed by atoms with E-state index in [9.17, 15) is 5.11 Å². The van der Waals surface area contributed by atoms with Gasteiger partial charge >= 0.3 is 0 Å². The molecule has 6 heteroatoms. The van der Waals surface area contributed by atoms with E-state index in [4.69, 9.17) is 11.6 Å². The van der Waals surface area contributed by atoms with Gasteiger partial charge in [0.1, 0.15) is 17.3 Å². The Morgan fingerprint density at radius 1 is 1.26 bits per heavy atom. The topological polar surface area (TPSA) is 62.1 Å². The Bertz CT molecular complexity index is 535. The molecule has 5 nitrogen and oxygen atoms in total. The van der Waals surface area contributed by atoms with Crippen molar-refractivity contribution in [2.75, 3.05) is 11.4 Å². The van der Waals surface area contributed by atoms with Crippen molar-refractivity contribution in [3.63, 3.8) is 0 Å². The summed E-state index contributed by atoms with van der Waals surface area (Å²) in [4.78, 5) is 14.4. The van der Waals surface area contributed by atoms with Crippen LogP contribution in [0, 0.1) is 0 Å². The second-order valence-electron chi connectivity index (χ2n) is 3.96. The Morgan fingerprint density at radius 2 is 2.11 bits per heavy atom. The molecule has 0 aliphatic rings. The molecule has 0 radical (unpaired) electrons. The van der Waals surface area contributed by atoms with Gasteiger partial charge in [-0.05, 0) is 19.1 Å². The van der Waals surface area contributed by atoms with E-state index in [1.807, 2.05) is 30.0 Å². The van der Waals surface area contributed by atoms with Crippen LogP contribution in [-0.2, 0) is 13.2 Å². The second-order valence-corrected chi connectivity index (χ2v) is 4.32. The Hall–Kier alpha value is -1.72. The number of aliphatic hydroxyl groups excluding tert-OH is 1. The van der Waals surface area contributed by atoms with Crippen LogP contribution in [0.3, 0.4) is 0 Å². The molecule has 19 heavy (non-hydrogen) atoms. The van der Waals surface area contributed by atoms with E-state index in [0.717, 1.165) is 12.2 Å². The van der Waals surface area contributed by atoms with Gasteiger partial charge in [0.25, 0.3) is 0 Å². The number of halogens is 1. The predicted molar refractivity (Wildman–Crippen MR) is 73.9 cm³/mol. The monoisotopic (exact) mass is 278 g/mol. The fourth-order valence-electron chi connectivity index (χ4n) is 1.81. The fourth-order valence-corrected chi connectivity index (χ4v) is 2.00. The molecule has 0 bridgehead atoms. The van der Waals surface area contributed by atoms with E-state index < -0.39 is 0 Å². The first-order valence-corrected chi connectivity index (χ1v) is 6.39. The highest BCUT2D eigenvalue weighted by molar-refractivity contribution is 6.30. The van der Waals surface area contributed by atoms with E-state index in [0.29, 0.717) is 17.9 Å². The lowest BCUT2D eigenvalue weighted by atomic mass is 10.2. The first-order chi connectivity index (χ1) is 9.26. The molecule has 0 spiro atoms. The van der Waals surface area contributed by atoms with E-state index in [-0.39, 0.29) is 11.8 Å². The van der Waals surface area contributed by atoms with Crippen molar-refractivity contribution in [3.8, 4) is 0 Å². The maximum atomic E-state index is 9.40. The number of hydrogen-bond acceptors (Lipinski definition) is 5. The lowest BCUT2D eigenvalue weighted by Crippen LogP contribution is -2.25. The van der Waals surface area contributed by atoms with Crippen LogP contribution in [0.2, 0.25) is 5.15 Å². The van der Waals surface area contributed by atoms with E-state index in [1.165, 1.54) is 6.33 Å². The van der Waals surface area contributed by atoms with Gasteiger partial charge in [0.2, 0.25) is 0 Å². The summed E-state index contributed by atoms with van der Waals surface area (Å²) in [5.41, 5.74) is 1.48. The minimum atomic E-state index is -0.187. The summed E-state index contributed by atoms with van der Waals surface area (Å²) in [7, 11) is 0. The molecule has 2 aromatic heterocycles. The SMILES string of the molecule is CCN(Cc1ccccn1)c1ncnc(Cl)c1CO. The third-order valence-electron chi connectivity index (χ3n) is 2.79. The quantitative estimate of drug-likeness (QED) is 0.848. The first kappa shape index (κ1) is 13.7. The maximum absolute atomic E-state index is 9.40. The molecule has 0 unspecified atom stereocenters. The first-order valence-electron chi connectivity index (χ1n) is 6.01. The van der Waals surface area contributed by atoms with Crippen molar-refractivity contribution in [1.29, 1.82) is 0 Å². The van der Waals surface area contributed by atoms with Crippen LogP contribution in [0.25, 0.3) is 0 Å².